The number of nitrogens with one attached hydrogen (secondary N) is 1. The monoisotopic (exact) mass is 304 g/mol. The topological polar surface area (TPSA) is 42.0 Å². The molecule has 1 heterocycles. The molecule has 1 amide bonds. The van der Waals surface area contributed by atoms with E-state index < -0.39 is 0 Å². The van der Waals surface area contributed by atoms with Crippen molar-refractivity contribution in [2.45, 2.75) is 45.4 Å². The summed E-state index contributed by atoms with van der Waals surface area (Å²) in [4.78, 5) is 17.2. The van der Waals surface area contributed by atoms with Crippen LogP contribution in [0.25, 0.3) is 0 Å². The van der Waals surface area contributed by atoms with E-state index in [1.807, 2.05) is 13.0 Å². The van der Waals surface area contributed by atoms with Crippen molar-refractivity contribution in [3.8, 4) is 0 Å². The highest BCUT2D eigenvalue weighted by Crippen LogP contribution is 2.60. The summed E-state index contributed by atoms with van der Waals surface area (Å²) in [6.45, 7) is 1.89. The third-order valence-electron chi connectivity index (χ3n) is 5.82. The molecule has 0 aliphatic heterocycles. The summed E-state index contributed by atoms with van der Waals surface area (Å²) in [6.07, 6.45) is 7.33. The van der Waals surface area contributed by atoms with Crippen LogP contribution in [0.15, 0.2) is 12.1 Å². The van der Waals surface area contributed by atoms with Gasteiger partial charge in [0.1, 0.15) is 5.15 Å². The number of rotatable bonds is 2. The second-order valence-corrected chi connectivity index (χ2v) is 7.81. The van der Waals surface area contributed by atoms with Crippen molar-refractivity contribution in [2.75, 3.05) is 5.32 Å². The van der Waals surface area contributed by atoms with Gasteiger partial charge in [0, 0.05) is 0 Å². The molecule has 21 heavy (non-hydrogen) atoms. The van der Waals surface area contributed by atoms with Crippen LogP contribution in [0.5, 0.6) is 0 Å². The van der Waals surface area contributed by atoms with Crippen molar-refractivity contribution in [3.63, 3.8) is 0 Å². The molecule has 5 rings (SSSR count). The summed E-state index contributed by atoms with van der Waals surface area (Å²) in [6, 6.07) is 3.60. The maximum atomic E-state index is 12.9. The van der Waals surface area contributed by atoms with E-state index in [-0.39, 0.29) is 11.3 Å². The number of amides is 1. The molecule has 4 aliphatic carbocycles. The van der Waals surface area contributed by atoms with Gasteiger partial charge in [-0.25, -0.2) is 4.98 Å². The van der Waals surface area contributed by atoms with Gasteiger partial charge < -0.3 is 5.32 Å². The molecule has 1 aromatic rings. The molecule has 0 atom stereocenters. The Bertz CT molecular complexity index is 563. The standard InChI is InChI=1S/C17H21ClN2O/c1-10-14(2-3-15(18)19-10)20-16(21)17-7-11-4-12(8-17)6-13(5-11)9-17/h2-3,11-13H,4-9H2,1H3,(H,20,21). The molecule has 4 fully saturated rings. The first kappa shape index (κ1) is 13.6. The lowest BCUT2D eigenvalue weighted by molar-refractivity contribution is -0.140. The van der Waals surface area contributed by atoms with E-state index in [4.69, 9.17) is 11.6 Å². The van der Waals surface area contributed by atoms with E-state index in [9.17, 15) is 4.79 Å². The number of aryl methyl sites for hydroxylation is 1. The summed E-state index contributed by atoms with van der Waals surface area (Å²) >= 11 is 5.89. The van der Waals surface area contributed by atoms with Crippen molar-refractivity contribution in [3.05, 3.63) is 23.0 Å². The van der Waals surface area contributed by atoms with Crippen LogP contribution in [-0.2, 0) is 4.79 Å². The smallest absolute Gasteiger partial charge is 0.230 e. The number of aromatic nitrogens is 1. The van der Waals surface area contributed by atoms with Crippen LogP contribution >= 0.6 is 11.6 Å². The summed E-state index contributed by atoms with van der Waals surface area (Å²) in [5.41, 5.74) is 1.49. The Morgan fingerprint density at radius 3 is 2.29 bits per heavy atom. The van der Waals surface area contributed by atoms with Gasteiger partial charge >= 0.3 is 0 Å². The van der Waals surface area contributed by atoms with E-state index in [0.29, 0.717) is 5.15 Å². The third kappa shape index (κ3) is 2.26. The molecule has 4 heteroatoms. The number of pyridine rings is 1. The molecule has 4 saturated carbocycles. The van der Waals surface area contributed by atoms with Crippen LogP contribution in [0.2, 0.25) is 5.15 Å². The van der Waals surface area contributed by atoms with Gasteiger partial charge in [-0.3, -0.25) is 4.79 Å². The van der Waals surface area contributed by atoms with Crippen molar-refractivity contribution in [1.29, 1.82) is 0 Å². The fourth-order valence-electron chi connectivity index (χ4n) is 5.31. The number of hydrogen-bond acceptors (Lipinski definition) is 2. The minimum Gasteiger partial charge on any atom is -0.324 e. The van der Waals surface area contributed by atoms with Crippen LogP contribution in [0.3, 0.4) is 0 Å². The van der Waals surface area contributed by atoms with Crippen molar-refractivity contribution >= 4 is 23.2 Å². The van der Waals surface area contributed by atoms with E-state index in [0.717, 1.165) is 48.4 Å². The first-order chi connectivity index (χ1) is 10.0. The second-order valence-electron chi connectivity index (χ2n) is 7.42. The highest BCUT2D eigenvalue weighted by molar-refractivity contribution is 6.29. The zero-order chi connectivity index (χ0) is 14.6. The Balaban J connectivity index is 1.57. The Morgan fingerprint density at radius 1 is 1.19 bits per heavy atom. The lowest BCUT2D eigenvalue weighted by atomic mass is 9.49. The fraction of sp³-hybridized carbons (Fsp3) is 0.647. The van der Waals surface area contributed by atoms with Crippen molar-refractivity contribution in [1.82, 2.24) is 4.98 Å². The summed E-state index contributed by atoms with van der Waals surface area (Å²) in [5.74, 6) is 2.57. The molecule has 112 valence electrons. The van der Waals surface area contributed by atoms with E-state index >= 15 is 0 Å². The zero-order valence-electron chi connectivity index (χ0n) is 12.4. The molecule has 0 radical (unpaired) electrons. The van der Waals surface area contributed by atoms with Crippen LogP contribution in [0, 0.1) is 30.1 Å². The first-order valence-electron chi connectivity index (χ1n) is 7.99. The van der Waals surface area contributed by atoms with Gasteiger partial charge in [0.25, 0.3) is 0 Å². The second kappa shape index (κ2) is 4.70. The predicted molar refractivity (Wildman–Crippen MR) is 83.2 cm³/mol. The van der Waals surface area contributed by atoms with Crippen LogP contribution in [0.1, 0.15) is 44.2 Å². The molecule has 0 spiro atoms. The van der Waals surface area contributed by atoms with Gasteiger partial charge in [0.05, 0.1) is 16.8 Å². The summed E-state index contributed by atoms with van der Waals surface area (Å²) < 4.78 is 0. The molecule has 1 aromatic heterocycles. The minimum absolute atomic E-state index is 0.110. The third-order valence-corrected chi connectivity index (χ3v) is 6.03. The van der Waals surface area contributed by atoms with Gasteiger partial charge in [-0.2, -0.15) is 0 Å². The van der Waals surface area contributed by atoms with Gasteiger partial charge in [-0.1, -0.05) is 11.6 Å². The Hall–Kier alpha value is -1.09. The zero-order valence-corrected chi connectivity index (χ0v) is 13.1. The average Bonchev–Trinajstić information content (AvgIpc) is 2.40. The molecule has 4 aliphatic rings. The molecular weight excluding hydrogens is 284 g/mol. The van der Waals surface area contributed by atoms with E-state index in [2.05, 4.69) is 10.3 Å². The van der Waals surface area contributed by atoms with E-state index in [1.54, 1.807) is 6.07 Å². The van der Waals surface area contributed by atoms with Gasteiger partial charge in [0.2, 0.25) is 5.91 Å². The van der Waals surface area contributed by atoms with E-state index in [1.165, 1.54) is 19.3 Å². The number of halogens is 1. The van der Waals surface area contributed by atoms with Crippen molar-refractivity contribution in [2.24, 2.45) is 23.2 Å². The number of nitrogens with zero attached hydrogens (tertiary/aromatic N) is 1. The molecule has 0 aromatic carbocycles. The summed E-state index contributed by atoms with van der Waals surface area (Å²) in [7, 11) is 0. The molecular formula is C17H21ClN2O. The molecule has 0 unspecified atom stereocenters. The lowest BCUT2D eigenvalue weighted by Crippen LogP contribution is -2.51. The van der Waals surface area contributed by atoms with Crippen molar-refractivity contribution < 1.29 is 4.79 Å². The SMILES string of the molecule is Cc1nc(Cl)ccc1NC(=O)C12CC3CC(CC(C3)C1)C2. The molecule has 4 bridgehead atoms. The number of carbonyl (C=O) groups excluding carboxylic acids is 1. The number of carbonyl (C=O) groups is 1. The first-order valence-corrected chi connectivity index (χ1v) is 8.36. The Kier molecular flexibility index (Phi) is 3.04. The summed E-state index contributed by atoms with van der Waals surface area (Å²) in [5, 5.41) is 3.61. The Labute approximate surface area is 130 Å². The van der Waals surface area contributed by atoms with Crippen LogP contribution in [0.4, 0.5) is 5.69 Å². The van der Waals surface area contributed by atoms with Crippen LogP contribution < -0.4 is 5.32 Å². The molecule has 0 saturated heterocycles. The van der Waals surface area contributed by atoms with Gasteiger partial charge in [-0.05, 0) is 75.3 Å². The largest absolute Gasteiger partial charge is 0.324 e. The molecule has 1 N–H and O–H groups in total. The molecule has 3 nitrogen and oxygen atoms in total. The Morgan fingerprint density at radius 2 is 1.76 bits per heavy atom. The minimum atomic E-state index is -0.110. The normalized spacial score (nSPS) is 36.8. The fourth-order valence-corrected chi connectivity index (χ4v) is 5.50. The highest BCUT2D eigenvalue weighted by atomic mass is 35.5. The van der Waals surface area contributed by atoms with Gasteiger partial charge in [0.15, 0.2) is 0 Å². The van der Waals surface area contributed by atoms with Gasteiger partial charge in [-0.15, -0.1) is 0 Å². The average molecular weight is 305 g/mol. The highest BCUT2D eigenvalue weighted by Gasteiger charge is 2.54. The maximum absolute atomic E-state index is 12.9. The van der Waals surface area contributed by atoms with Crippen LogP contribution in [-0.4, -0.2) is 10.9 Å². The number of anilines is 1. The number of hydrogen-bond donors (Lipinski definition) is 1. The lowest BCUT2D eigenvalue weighted by Gasteiger charge is -2.55. The quantitative estimate of drug-likeness (QED) is 0.832. The predicted octanol–water partition coefficient (Wildman–Crippen LogP) is 4.20. The maximum Gasteiger partial charge on any atom is 0.230 e.